The van der Waals surface area contributed by atoms with Crippen molar-refractivity contribution in [3.8, 4) is 5.75 Å². The summed E-state index contributed by atoms with van der Waals surface area (Å²) in [4.78, 5) is 43.3. The molecule has 3 unspecified atom stereocenters. The first-order chi connectivity index (χ1) is 19.3. The predicted octanol–water partition coefficient (Wildman–Crippen LogP) is 5.87. The van der Waals surface area contributed by atoms with Gasteiger partial charge in [0.2, 0.25) is 11.8 Å². The number of hydrogen-bond donors (Lipinski definition) is 3. The molecule has 1 aliphatic carbocycles. The van der Waals surface area contributed by atoms with Gasteiger partial charge in [-0.25, -0.2) is 4.79 Å². The minimum absolute atomic E-state index is 0.0499. The maximum absolute atomic E-state index is 14.6. The highest BCUT2D eigenvalue weighted by atomic mass is 16.6. The lowest BCUT2D eigenvalue weighted by atomic mass is 9.86. The summed E-state index contributed by atoms with van der Waals surface area (Å²) >= 11 is 0. The van der Waals surface area contributed by atoms with Crippen LogP contribution in [0, 0.1) is 13.8 Å². The van der Waals surface area contributed by atoms with E-state index in [1.54, 1.807) is 49.9 Å². The van der Waals surface area contributed by atoms with E-state index in [2.05, 4.69) is 17.6 Å². The number of nitrogens with one attached hydrogen (secondary N) is 2. The topological polar surface area (TPSA) is 108 Å². The van der Waals surface area contributed by atoms with Crippen LogP contribution in [0.15, 0.2) is 42.5 Å². The minimum Gasteiger partial charge on any atom is -0.508 e. The molecule has 3 amide bonds. The maximum atomic E-state index is 14.6. The predicted molar refractivity (Wildman–Crippen MR) is 161 cm³/mol. The van der Waals surface area contributed by atoms with Gasteiger partial charge < -0.3 is 25.4 Å². The molecule has 0 aromatic heterocycles. The molecule has 3 N–H and O–H groups in total. The van der Waals surface area contributed by atoms with Crippen LogP contribution in [0.3, 0.4) is 0 Å². The standard InChI is InChI=1S/C33H47N3O5/c1-8-11-22(3)34-30(38)29(27-15-9-12-21(2)23(27)4)36(25-13-10-14-25)31(39)28(35-32(40)41-33(5,6)7)20-24-16-18-26(37)19-17-24/h9,12,15-19,22,25,28-29,37H,8,10-11,13-14,20H2,1-7H3,(H,34,38)(H,35,40). The lowest BCUT2D eigenvalue weighted by molar-refractivity contribution is -0.147. The molecule has 2 aromatic rings. The summed E-state index contributed by atoms with van der Waals surface area (Å²) in [5, 5.41) is 15.7. The van der Waals surface area contributed by atoms with Gasteiger partial charge in [-0.2, -0.15) is 0 Å². The van der Waals surface area contributed by atoms with Gasteiger partial charge in [-0.1, -0.05) is 43.7 Å². The molecule has 3 rings (SSSR count). The monoisotopic (exact) mass is 565 g/mol. The molecule has 3 atom stereocenters. The summed E-state index contributed by atoms with van der Waals surface area (Å²) < 4.78 is 5.52. The number of amides is 3. The Balaban J connectivity index is 2.08. The Hall–Kier alpha value is -3.55. The van der Waals surface area contributed by atoms with E-state index in [0.717, 1.165) is 54.4 Å². The average Bonchev–Trinajstić information content (AvgIpc) is 2.84. The number of carbonyl (C=O) groups is 3. The lowest BCUT2D eigenvalue weighted by Crippen LogP contribution is -2.58. The maximum Gasteiger partial charge on any atom is 0.408 e. The third-order valence-electron chi connectivity index (χ3n) is 7.67. The van der Waals surface area contributed by atoms with Crippen LogP contribution in [0.2, 0.25) is 0 Å². The Morgan fingerprint density at radius 2 is 1.71 bits per heavy atom. The number of carbonyl (C=O) groups excluding carboxylic acids is 3. The van der Waals surface area contributed by atoms with Crippen molar-refractivity contribution in [2.24, 2.45) is 0 Å². The van der Waals surface area contributed by atoms with Crippen LogP contribution in [-0.2, 0) is 20.7 Å². The first kappa shape index (κ1) is 32.0. The smallest absolute Gasteiger partial charge is 0.408 e. The zero-order chi connectivity index (χ0) is 30.3. The Morgan fingerprint density at radius 1 is 1.05 bits per heavy atom. The van der Waals surface area contributed by atoms with Gasteiger partial charge in [0.1, 0.15) is 23.4 Å². The SMILES string of the molecule is CCCC(C)NC(=O)C(c1cccc(C)c1C)N(C(=O)C(Cc1ccc(O)cc1)NC(=O)OC(C)(C)C)C1CCC1. The number of alkyl carbamates (subject to hydrolysis) is 1. The van der Waals surface area contributed by atoms with Crippen molar-refractivity contribution in [2.45, 2.75) is 117 Å². The van der Waals surface area contributed by atoms with Gasteiger partial charge in [-0.3, -0.25) is 9.59 Å². The van der Waals surface area contributed by atoms with Gasteiger partial charge in [0.15, 0.2) is 0 Å². The van der Waals surface area contributed by atoms with E-state index in [9.17, 15) is 19.5 Å². The van der Waals surface area contributed by atoms with E-state index < -0.39 is 23.8 Å². The summed E-state index contributed by atoms with van der Waals surface area (Å²) in [7, 11) is 0. The van der Waals surface area contributed by atoms with Gasteiger partial charge in [0.05, 0.1) is 0 Å². The molecule has 0 radical (unpaired) electrons. The van der Waals surface area contributed by atoms with Crippen LogP contribution < -0.4 is 10.6 Å². The highest BCUT2D eigenvalue weighted by molar-refractivity contribution is 5.93. The average molecular weight is 566 g/mol. The molecule has 0 bridgehead atoms. The molecule has 0 heterocycles. The zero-order valence-electron chi connectivity index (χ0n) is 25.6. The van der Waals surface area contributed by atoms with E-state index in [1.807, 2.05) is 39.0 Å². The second kappa shape index (κ2) is 13.9. The number of hydrogen-bond acceptors (Lipinski definition) is 5. The summed E-state index contributed by atoms with van der Waals surface area (Å²) in [6.45, 7) is 13.3. The molecule has 2 aromatic carbocycles. The Morgan fingerprint density at radius 3 is 2.27 bits per heavy atom. The highest BCUT2D eigenvalue weighted by Crippen LogP contribution is 2.36. The molecule has 1 fully saturated rings. The number of benzene rings is 2. The van der Waals surface area contributed by atoms with Crippen molar-refractivity contribution >= 4 is 17.9 Å². The Labute approximate surface area is 244 Å². The molecule has 224 valence electrons. The van der Waals surface area contributed by atoms with E-state index >= 15 is 0 Å². The van der Waals surface area contributed by atoms with Crippen LogP contribution in [-0.4, -0.2) is 51.6 Å². The van der Waals surface area contributed by atoms with Gasteiger partial charge in [-0.05, 0) is 102 Å². The molecule has 0 saturated heterocycles. The molecule has 1 saturated carbocycles. The number of phenols is 1. The molecular weight excluding hydrogens is 518 g/mol. The van der Waals surface area contributed by atoms with E-state index in [-0.39, 0.29) is 36.1 Å². The van der Waals surface area contributed by atoms with Crippen molar-refractivity contribution < 1.29 is 24.2 Å². The molecule has 0 aliphatic heterocycles. The Kier molecular flexibility index (Phi) is 10.8. The lowest BCUT2D eigenvalue weighted by Gasteiger charge is -2.44. The molecule has 41 heavy (non-hydrogen) atoms. The number of phenolic OH excluding ortho intramolecular Hbond substituents is 1. The number of ether oxygens (including phenoxy) is 1. The quantitative estimate of drug-likeness (QED) is 0.316. The minimum atomic E-state index is -0.983. The Bertz CT molecular complexity index is 1200. The second-order valence-electron chi connectivity index (χ2n) is 12.3. The van der Waals surface area contributed by atoms with Crippen LogP contribution in [0.4, 0.5) is 4.79 Å². The van der Waals surface area contributed by atoms with Crippen molar-refractivity contribution in [3.63, 3.8) is 0 Å². The summed E-state index contributed by atoms with van der Waals surface area (Å²) in [6, 6.07) is 10.4. The van der Waals surface area contributed by atoms with Crippen molar-refractivity contribution in [3.05, 3.63) is 64.7 Å². The number of aromatic hydroxyl groups is 1. The number of nitrogens with zero attached hydrogens (tertiary/aromatic N) is 1. The fourth-order valence-corrected chi connectivity index (χ4v) is 5.19. The third-order valence-corrected chi connectivity index (χ3v) is 7.67. The molecule has 1 aliphatic rings. The fraction of sp³-hybridized carbons (Fsp3) is 0.545. The van der Waals surface area contributed by atoms with Crippen LogP contribution in [0.1, 0.15) is 95.0 Å². The van der Waals surface area contributed by atoms with E-state index in [1.165, 1.54) is 0 Å². The summed E-state index contributed by atoms with van der Waals surface area (Å²) in [5.41, 5.74) is 2.79. The summed E-state index contributed by atoms with van der Waals surface area (Å²) in [5.74, 6) is -0.445. The zero-order valence-corrected chi connectivity index (χ0v) is 25.6. The van der Waals surface area contributed by atoms with Gasteiger partial charge >= 0.3 is 6.09 Å². The molecule has 8 nitrogen and oxygen atoms in total. The number of rotatable bonds is 11. The van der Waals surface area contributed by atoms with E-state index in [0.29, 0.717) is 0 Å². The first-order valence-corrected chi connectivity index (χ1v) is 14.8. The molecule has 8 heteroatoms. The van der Waals surface area contributed by atoms with Crippen molar-refractivity contribution in [1.29, 1.82) is 0 Å². The van der Waals surface area contributed by atoms with E-state index in [4.69, 9.17) is 4.74 Å². The second-order valence-corrected chi connectivity index (χ2v) is 12.3. The van der Waals surface area contributed by atoms with Crippen molar-refractivity contribution in [1.82, 2.24) is 15.5 Å². The van der Waals surface area contributed by atoms with Crippen LogP contribution >= 0.6 is 0 Å². The summed E-state index contributed by atoms with van der Waals surface area (Å²) in [6.07, 6.45) is 3.75. The number of aryl methyl sites for hydroxylation is 1. The van der Waals surface area contributed by atoms with Crippen LogP contribution in [0.5, 0.6) is 5.75 Å². The third kappa shape index (κ3) is 8.72. The normalized spacial score (nSPS) is 15.7. The van der Waals surface area contributed by atoms with Gasteiger partial charge in [0.25, 0.3) is 0 Å². The molecule has 0 spiro atoms. The first-order valence-electron chi connectivity index (χ1n) is 14.8. The molecular formula is C33H47N3O5. The van der Waals surface area contributed by atoms with Gasteiger partial charge in [-0.15, -0.1) is 0 Å². The largest absolute Gasteiger partial charge is 0.508 e. The highest BCUT2D eigenvalue weighted by Gasteiger charge is 2.42. The van der Waals surface area contributed by atoms with Crippen molar-refractivity contribution in [2.75, 3.05) is 0 Å². The van der Waals surface area contributed by atoms with Gasteiger partial charge in [0, 0.05) is 18.5 Å². The van der Waals surface area contributed by atoms with Crippen LogP contribution in [0.25, 0.3) is 0 Å². The fourth-order valence-electron chi connectivity index (χ4n) is 5.19.